The van der Waals surface area contributed by atoms with Crippen LogP contribution in [0.2, 0.25) is 0 Å². The van der Waals surface area contributed by atoms with Gasteiger partial charge in [-0.05, 0) is 46.0 Å². The molecule has 1 N–H and O–H groups in total. The van der Waals surface area contributed by atoms with Crippen LogP contribution in [0, 0.1) is 5.92 Å². The summed E-state index contributed by atoms with van der Waals surface area (Å²) in [5.74, 6) is 0.797. The van der Waals surface area contributed by atoms with Gasteiger partial charge in [0.1, 0.15) is 0 Å². The Labute approximate surface area is 114 Å². The molecule has 0 spiro atoms. The summed E-state index contributed by atoms with van der Waals surface area (Å²) in [6, 6.07) is 0.493. The van der Waals surface area contributed by atoms with Gasteiger partial charge in [0.2, 0.25) is 0 Å². The van der Waals surface area contributed by atoms with Crippen LogP contribution in [0.1, 0.15) is 45.7 Å². The third-order valence-electron chi connectivity index (χ3n) is 4.00. The minimum Gasteiger partial charge on any atom is -0.376 e. The normalized spacial score (nSPS) is 27.9. The summed E-state index contributed by atoms with van der Waals surface area (Å²) in [4.78, 5) is 0. The van der Waals surface area contributed by atoms with Gasteiger partial charge in [0.25, 0.3) is 0 Å². The molecule has 1 saturated heterocycles. The van der Waals surface area contributed by atoms with Crippen molar-refractivity contribution in [2.75, 3.05) is 6.61 Å². The van der Waals surface area contributed by atoms with Gasteiger partial charge >= 0.3 is 0 Å². The van der Waals surface area contributed by atoms with E-state index in [-0.39, 0.29) is 5.54 Å². The summed E-state index contributed by atoms with van der Waals surface area (Å²) in [6.45, 7) is 8.08. The fourth-order valence-electron chi connectivity index (χ4n) is 2.66. The number of aromatic nitrogens is 3. The summed E-state index contributed by atoms with van der Waals surface area (Å²) in [5, 5.41) is 12.0. The predicted molar refractivity (Wildman–Crippen MR) is 72.7 cm³/mol. The minimum absolute atomic E-state index is 0.00172. The first kappa shape index (κ1) is 13.1. The van der Waals surface area contributed by atoms with Crippen LogP contribution in [0.15, 0.2) is 6.20 Å². The molecule has 5 heteroatoms. The van der Waals surface area contributed by atoms with Gasteiger partial charge in [0.15, 0.2) is 0 Å². The summed E-state index contributed by atoms with van der Waals surface area (Å²) < 4.78 is 7.76. The van der Waals surface area contributed by atoms with Crippen LogP contribution in [-0.4, -0.2) is 33.7 Å². The van der Waals surface area contributed by atoms with E-state index >= 15 is 0 Å². The predicted octanol–water partition coefficient (Wildman–Crippen LogP) is 1.69. The molecule has 2 fully saturated rings. The molecule has 1 aliphatic heterocycles. The van der Waals surface area contributed by atoms with Gasteiger partial charge in [-0.1, -0.05) is 5.21 Å². The number of nitrogens with one attached hydrogen (secondary N) is 1. The van der Waals surface area contributed by atoms with Crippen molar-refractivity contribution in [1.29, 1.82) is 0 Å². The fourth-order valence-corrected chi connectivity index (χ4v) is 2.66. The molecule has 0 radical (unpaired) electrons. The smallest absolute Gasteiger partial charge is 0.0965 e. The van der Waals surface area contributed by atoms with Gasteiger partial charge in [-0.3, -0.25) is 0 Å². The van der Waals surface area contributed by atoms with E-state index in [0.29, 0.717) is 12.1 Å². The first-order valence-electron chi connectivity index (χ1n) is 7.31. The maximum atomic E-state index is 5.83. The largest absolute Gasteiger partial charge is 0.376 e. The van der Waals surface area contributed by atoms with Gasteiger partial charge in [0.05, 0.1) is 23.5 Å². The lowest BCUT2D eigenvalue weighted by atomic mass is 10.1. The fraction of sp³-hybridized carbons (Fsp3) is 0.857. The molecular weight excluding hydrogens is 240 g/mol. The average Bonchev–Trinajstić information content (AvgIpc) is 2.91. The van der Waals surface area contributed by atoms with Crippen LogP contribution in [0.25, 0.3) is 0 Å². The molecule has 1 saturated carbocycles. The van der Waals surface area contributed by atoms with Crippen LogP contribution < -0.4 is 5.32 Å². The van der Waals surface area contributed by atoms with E-state index < -0.39 is 0 Å². The Balaban J connectivity index is 1.55. The molecule has 19 heavy (non-hydrogen) atoms. The van der Waals surface area contributed by atoms with E-state index in [1.54, 1.807) is 0 Å². The number of rotatable bonds is 4. The van der Waals surface area contributed by atoms with Gasteiger partial charge in [0, 0.05) is 19.2 Å². The van der Waals surface area contributed by atoms with Crippen molar-refractivity contribution in [3.63, 3.8) is 0 Å². The van der Waals surface area contributed by atoms with Crippen molar-refractivity contribution in [2.24, 2.45) is 5.92 Å². The summed E-state index contributed by atoms with van der Waals surface area (Å²) in [7, 11) is 0. The SMILES string of the molecule is CC(C)(C)n1cc(CNC2CCOC2C2CC2)nn1. The zero-order chi connectivity index (χ0) is 13.5. The second-order valence-corrected chi connectivity index (χ2v) is 6.77. The minimum atomic E-state index is -0.00172. The molecule has 0 bridgehead atoms. The molecule has 106 valence electrons. The van der Waals surface area contributed by atoms with Crippen LogP contribution in [-0.2, 0) is 16.8 Å². The van der Waals surface area contributed by atoms with Crippen molar-refractivity contribution in [1.82, 2.24) is 20.3 Å². The average molecular weight is 264 g/mol. The first-order valence-corrected chi connectivity index (χ1v) is 7.31. The summed E-state index contributed by atoms with van der Waals surface area (Å²) in [5.41, 5.74) is 1.01. The molecule has 1 aromatic heterocycles. The summed E-state index contributed by atoms with van der Waals surface area (Å²) in [6.07, 6.45) is 6.26. The van der Waals surface area contributed by atoms with Crippen LogP contribution in [0.5, 0.6) is 0 Å². The van der Waals surface area contributed by atoms with Crippen LogP contribution in [0.3, 0.4) is 0 Å². The number of hydrogen-bond acceptors (Lipinski definition) is 4. The van der Waals surface area contributed by atoms with Gasteiger partial charge in [-0.2, -0.15) is 0 Å². The van der Waals surface area contributed by atoms with E-state index in [4.69, 9.17) is 4.74 Å². The molecule has 2 aliphatic rings. The molecule has 5 nitrogen and oxygen atoms in total. The number of nitrogens with zero attached hydrogens (tertiary/aromatic N) is 3. The third-order valence-corrected chi connectivity index (χ3v) is 4.00. The zero-order valence-electron chi connectivity index (χ0n) is 12.1. The number of hydrogen-bond donors (Lipinski definition) is 1. The second kappa shape index (κ2) is 4.87. The van der Waals surface area contributed by atoms with E-state index in [1.165, 1.54) is 12.8 Å². The standard InChI is InChI=1S/C14H24N4O/c1-14(2,3)18-9-11(16-17-18)8-15-12-6-7-19-13(12)10-4-5-10/h9-10,12-13,15H,4-8H2,1-3H3. The first-order chi connectivity index (χ1) is 9.04. The Bertz CT molecular complexity index is 433. The van der Waals surface area contributed by atoms with Crippen molar-refractivity contribution in [2.45, 2.75) is 64.3 Å². The lowest BCUT2D eigenvalue weighted by molar-refractivity contribution is 0.0808. The van der Waals surface area contributed by atoms with Crippen LogP contribution in [0.4, 0.5) is 0 Å². The molecule has 2 unspecified atom stereocenters. The van der Waals surface area contributed by atoms with E-state index in [1.807, 2.05) is 10.9 Å². The molecular formula is C14H24N4O. The highest BCUT2D eigenvalue weighted by molar-refractivity contribution is 4.98. The summed E-state index contributed by atoms with van der Waals surface area (Å²) >= 11 is 0. The Morgan fingerprint density at radius 3 is 2.79 bits per heavy atom. The highest BCUT2D eigenvalue weighted by Gasteiger charge is 2.40. The molecule has 0 aromatic carbocycles. The molecule has 2 heterocycles. The molecule has 2 atom stereocenters. The Hall–Kier alpha value is -0.940. The lowest BCUT2D eigenvalue weighted by Crippen LogP contribution is -2.37. The van der Waals surface area contributed by atoms with Gasteiger partial charge in [-0.25, -0.2) is 4.68 Å². The highest BCUT2D eigenvalue weighted by atomic mass is 16.5. The van der Waals surface area contributed by atoms with E-state index in [9.17, 15) is 0 Å². The Kier molecular flexibility index (Phi) is 3.35. The van der Waals surface area contributed by atoms with Crippen molar-refractivity contribution >= 4 is 0 Å². The van der Waals surface area contributed by atoms with Gasteiger partial charge in [-0.15, -0.1) is 5.10 Å². The maximum absolute atomic E-state index is 5.83. The molecule has 0 amide bonds. The zero-order valence-corrected chi connectivity index (χ0v) is 12.1. The highest BCUT2D eigenvalue weighted by Crippen LogP contribution is 2.38. The van der Waals surface area contributed by atoms with E-state index in [0.717, 1.165) is 31.2 Å². The van der Waals surface area contributed by atoms with Crippen molar-refractivity contribution in [3.05, 3.63) is 11.9 Å². The van der Waals surface area contributed by atoms with Crippen molar-refractivity contribution in [3.8, 4) is 0 Å². The lowest BCUT2D eigenvalue weighted by Gasteiger charge is -2.19. The maximum Gasteiger partial charge on any atom is 0.0965 e. The Morgan fingerprint density at radius 1 is 1.37 bits per heavy atom. The topological polar surface area (TPSA) is 52.0 Å². The number of ether oxygens (including phenoxy) is 1. The van der Waals surface area contributed by atoms with Crippen molar-refractivity contribution < 1.29 is 4.74 Å². The van der Waals surface area contributed by atoms with Crippen LogP contribution >= 0.6 is 0 Å². The monoisotopic (exact) mass is 264 g/mol. The van der Waals surface area contributed by atoms with E-state index in [2.05, 4.69) is 36.4 Å². The molecule has 1 aromatic rings. The van der Waals surface area contributed by atoms with Gasteiger partial charge < -0.3 is 10.1 Å². The third kappa shape index (κ3) is 2.98. The molecule has 3 rings (SSSR count). The quantitative estimate of drug-likeness (QED) is 0.899. The Morgan fingerprint density at radius 2 is 2.16 bits per heavy atom. The molecule has 1 aliphatic carbocycles. The second-order valence-electron chi connectivity index (χ2n) is 6.77.